The molecule has 0 aromatic heterocycles. The summed E-state index contributed by atoms with van der Waals surface area (Å²) in [6, 6.07) is -0.909. The van der Waals surface area contributed by atoms with Crippen LogP contribution in [0.25, 0.3) is 0 Å². The Morgan fingerprint density at radius 1 is 0.462 bits per heavy atom. The van der Waals surface area contributed by atoms with Gasteiger partial charge in [-0.1, -0.05) is 254 Å². The van der Waals surface area contributed by atoms with Crippen molar-refractivity contribution < 1.29 is 37.3 Å². The van der Waals surface area contributed by atoms with Gasteiger partial charge in [-0.05, 0) is 102 Å². The van der Waals surface area contributed by atoms with Gasteiger partial charge in [-0.3, -0.25) is 14.2 Å². The molecule has 0 spiro atoms. The van der Waals surface area contributed by atoms with Gasteiger partial charge in [0, 0.05) is 12.8 Å². The number of carbonyl (C=O) groups excluding carboxylic acids is 2. The highest BCUT2D eigenvalue weighted by atomic mass is 31.2. The van der Waals surface area contributed by atoms with Crippen LogP contribution in [0.5, 0.6) is 0 Å². The molecule has 1 N–H and O–H groups in total. The van der Waals surface area contributed by atoms with E-state index in [1.165, 1.54) is 154 Å². The van der Waals surface area contributed by atoms with Gasteiger partial charge in [0.1, 0.15) is 19.3 Å². The zero-order valence-electron chi connectivity index (χ0n) is 51.6. The maximum atomic E-state index is 13.5. The number of hydrogen-bond donors (Lipinski definition) is 1. The van der Waals surface area contributed by atoms with E-state index in [9.17, 15) is 19.0 Å². The molecule has 0 saturated carbocycles. The number of unbranched alkanes of at least 4 members (excludes halogenated alkanes) is 30. The lowest BCUT2D eigenvalue weighted by molar-refractivity contribution is -0.870. The number of nitrogens with one attached hydrogen (secondary N) is 1. The fourth-order valence-electron chi connectivity index (χ4n) is 9.07. The number of quaternary nitrogens is 1. The van der Waals surface area contributed by atoms with Crippen LogP contribution in [0.3, 0.4) is 0 Å². The van der Waals surface area contributed by atoms with E-state index in [1.54, 1.807) is 0 Å². The summed E-state index contributed by atoms with van der Waals surface area (Å²) in [6.45, 7) is 6.69. The Hall–Kier alpha value is -2.81. The quantitative estimate of drug-likeness (QED) is 0.0212. The molecule has 0 rings (SSSR count). The lowest BCUT2D eigenvalue weighted by atomic mass is 10.0. The predicted octanol–water partition coefficient (Wildman–Crippen LogP) is 19.5. The molecule has 9 nitrogen and oxygen atoms in total. The number of esters is 1. The molecular weight excluding hydrogens is 988 g/mol. The minimum absolute atomic E-state index is 0.0315. The van der Waals surface area contributed by atoms with Gasteiger partial charge in [-0.15, -0.1) is 0 Å². The minimum atomic E-state index is -4.71. The third kappa shape index (κ3) is 57.9. The van der Waals surface area contributed by atoms with Crippen LogP contribution in [0.2, 0.25) is 0 Å². The molecule has 0 bridgehead atoms. The van der Waals surface area contributed by atoms with E-state index in [2.05, 4.69) is 99.0 Å². The van der Waals surface area contributed by atoms with Crippen molar-refractivity contribution in [3.8, 4) is 0 Å². The van der Waals surface area contributed by atoms with Crippen LogP contribution in [-0.4, -0.2) is 69.4 Å². The van der Waals surface area contributed by atoms with Crippen molar-refractivity contribution in [2.75, 3.05) is 40.9 Å². The molecule has 0 aliphatic heterocycles. The molecule has 0 saturated heterocycles. The van der Waals surface area contributed by atoms with Gasteiger partial charge < -0.3 is 28.5 Å². The molecule has 10 heteroatoms. The number of phosphoric ester groups is 1. The van der Waals surface area contributed by atoms with Crippen molar-refractivity contribution >= 4 is 19.7 Å². The fraction of sp³-hybridized carbons (Fsp3) is 0.765. The first-order valence-electron chi connectivity index (χ1n) is 32.4. The average molecular weight is 1110 g/mol. The van der Waals surface area contributed by atoms with Crippen LogP contribution in [-0.2, 0) is 27.9 Å². The molecule has 3 atom stereocenters. The molecule has 0 aromatic carbocycles. The molecular formula is C68H123N2O7P. The second kappa shape index (κ2) is 57.4. The van der Waals surface area contributed by atoms with Crippen molar-refractivity contribution in [2.24, 2.45) is 0 Å². The topological polar surface area (TPSA) is 114 Å². The number of phosphoric acid groups is 1. The monoisotopic (exact) mass is 1110 g/mol. The summed E-state index contributed by atoms with van der Waals surface area (Å²) in [5.41, 5.74) is 0. The number of amides is 1. The van der Waals surface area contributed by atoms with Crippen LogP contribution in [0.1, 0.15) is 284 Å². The Labute approximate surface area is 482 Å². The minimum Gasteiger partial charge on any atom is -0.756 e. The molecule has 0 aliphatic carbocycles. The lowest BCUT2D eigenvalue weighted by Gasteiger charge is -2.30. The zero-order chi connectivity index (χ0) is 57.2. The van der Waals surface area contributed by atoms with E-state index >= 15 is 0 Å². The van der Waals surface area contributed by atoms with Gasteiger partial charge in [0.05, 0.1) is 33.8 Å². The lowest BCUT2D eigenvalue weighted by Crippen LogP contribution is -2.47. The van der Waals surface area contributed by atoms with Crippen molar-refractivity contribution in [1.29, 1.82) is 0 Å². The summed E-state index contributed by atoms with van der Waals surface area (Å²) in [7, 11) is 1.16. The van der Waals surface area contributed by atoms with Crippen LogP contribution >= 0.6 is 7.82 Å². The summed E-state index contributed by atoms with van der Waals surface area (Å²) in [5.74, 6) is -0.575. The zero-order valence-corrected chi connectivity index (χ0v) is 52.5. The summed E-state index contributed by atoms with van der Waals surface area (Å²) in [6.07, 6.45) is 75.5. The summed E-state index contributed by atoms with van der Waals surface area (Å²) >= 11 is 0. The highest BCUT2D eigenvalue weighted by Gasteiger charge is 2.27. The standard InChI is InChI=1S/C68H123N2O7P/c1-7-10-13-16-19-22-25-28-30-32-33-34-35-36-37-38-40-43-46-49-52-55-58-61-68(72)77-66(59-56-53-50-47-44-41-27-24-21-18-15-12-9-3)65(64-76-78(73,74)75-63-62-70(4,5)6)69-67(71)60-57-54-51-48-45-42-39-31-29-26-23-20-17-14-11-8-2/h11,14,19-20,22-23,28-31,42,45,56,59,65-66H,7-10,12-13,15-18,21,24-27,32-41,43-44,46-55,57-58,60-64H2,1-6H3,(H-,69,71,73,74)/b14-11+,22-19-,23-20+,30-28-,31-29+,45-42+,59-56-. The average Bonchev–Trinajstić information content (AvgIpc) is 3.40. The number of likely N-dealkylation sites (N-methyl/N-ethyl adjacent to an activating group) is 1. The van der Waals surface area contributed by atoms with E-state index in [4.69, 9.17) is 13.8 Å². The molecule has 1 amide bonds. The molecule has 3 unspecified atom stereocenters. The van der Waals surface area contributed by atoms with Crippen LogP contribution < -0.4 is 10.2 Å². The first-order chi connectivity index (χ1) is 37.9. The third-order valence-corrected chi connectivity index (χ3v) is 15.0. The van der Waals surface area contributed by atoms with Gasteiger partial charge in [0.2, 0.25) is 5.91 Å². The SMILES string of the molecule is CC/C=C/C/C=C/C/C=C/C/C=C/CCCCCC(=O)NC(COP(=O)([O-])OCC[N+](C)(C)C)C(/C=C\CCCCCCCCCCCCC)OC(=O)CCCCCCCCCCCCCCC/C=C\C/C=C\CCCCC. The van der Waals surface area contributed by atoms with Crippen molar-refractivity contribution in [2.45, 2.75) is 296 Å². The van der Waals surface area contributed by atoms with E-state index < -0.39 is 26.6 Å². The third-order valence-electron chi connectivity index (χ3n) is 14.1. The maximum absolute atomic E-state index is 13.5. The molecule has 0 radical (unpaired) electrons. The number of nitrogens with zero attached hydrogens (tertiary/aromatic N) is 1. The van der Waals surface area contributed by atoms with Crippen molar-refractivity contribution in [1.82, 2.24) is 5.32 Å². The predicted molar refractivity (Wildman–Crippen MR) is 335 cm³/mol. The largest absolute Gasteiger partial charge is 0.756 e. The second-order valence-electron chi connectivity index (χ2n) is 22.9. The molecule has 0 aliphatic rings. The number of hydrogen-bond acceptors (Lipinski definition) is 7. The van der Waals surface area contributed by atoms with Crippen LogP contribution in [0, 0.1) is 0 Å². The van der Waals surface area contributed by atoms with Gasteiger partial charge in [-0.25, -0.2) is 0 Å². The summed E-state index contributed by atoms with van der Waals surface area (Å²) < 4.78 is 30.3. The Kier molecular flexibility index (Phi) is 55.4. The van der Waals surface area contributed by atoms with E-state index in [1.807, 2.05) is 33.3 Å². The molecule has 452 valence electrons. The fourth-order valence-corrected chi connectivity index (χ4v) is 9.80. The normalized spacial score (nSPS) is 14.2. The summed E-state index contributed by atoms with van der Waals surface area (Å²) in [5, 5.41) is 3.01. The smallest absolute Gasteiger partial charge is 0.306 e. The summed E-state index contributed by atoms with van der Waals surface area (Å²) in [4.78, 5) is 40.0. The second-order valence-corrected chi connectivity index (χ2v) is 24.3. The van der Waals surface area contributed by atoms with Gasteiger partial charge in [-0.2, -0.15) is 0 Å². The van der Waals surface area contributed by atoms with E-state index in [0.29, 0.717) is 17.4 Å². The Morgan fingerprint density at radius 3 is 1.27 bits per heavy atom. The first-order valence-corrected chi connectivity index (χ1v) is 33.9. The number of ether oxygens (including phenoxy) is 1. The van der Waals surface area contributed by atoms with Crippen LogP contribution in [0.15, 0.2) is 85.1 Å². The molecule has 0 heterocycles. The number of carbonyl (C=O) groups is 2. The Bertz CT molecular complexity index is 1610. The molecule has 0 aromatic rings. The van der Waals surface area contributed by atoms with E-state index in [0.717, 1.165) is 89.9 Å². The Balaban J connectivity index is 5.23. The van der Waals surface area contributed by atoms with E-state index in [-0.39, 0.29) is 31.3 Å². The number of allylic oxidation sites excluding steroid dienone is 13. The van der Waals surface area contributed by atoms with Gasteiger partial charge in [0.15, 0.2) is 0 Å². The highest BCUT2D eigenvalue weighted by Crippen LogP contribution is 2.38. The van der Waals surface area contributed by atoms with Gasteiger partial charge >= 0.3 is 5.97 Å². The van der Waals surface area contributed by atoms with Crippen molar-refractivity contribution in [3.63, 3.8) is 0 Å². The van der Waals surface area contributed by atoms with Gasteiger partial charge in [0.25, 0.3) is 7.82 Å². The first kappa shape index (κ1) is 75.2. The Morgan fingerprint density at radius 2 is 0.821 bits per heavy atom. The number of rotatable bonds is 58. The molecule has 78 heavy (non-hydrogen) atoms. The highest BCUT2D eigenvalue weighted by molar-refractivity contribution is 7.45. The molecule has 0 fully saturated rings. The van der Waals surface area contributed by atoms with Crippen molar-refractivity contribution in [3.05, 3.63) is 85.1 Å². The maximum Gasteiger partial charge on any atom is 0.306 e. The van der Waals surface area contributed by atoms with Crippen LogP contribution in [0.4, 0.5) is 0 Å².